The van der Waals surface area contributed by atoms with Gasteiger partial charge in [0.05, 0.1) is 0 Å². The van der Waals surface area contributed by atoms with E-state index in [0.29, 0.717) is 0 Å². The molecule has 0 amide bonds. The molecule has 1 aliphatic rings. The van der Waals surface area contributed by atoms with Crippen LogP contribution in [-0.2, 0) is 0 Å². The second kappa shape index (κ2) is 18.7. The molecule has 0 spiro atoms. The van der Waals surface area contributed by atoms with Crippen molar-refractivity contribution in [2.75, 3.05) is 5.75 Å². The third kappa shape index (κ3) is 8.52. The molecule has 1 heterocycles. The van der Waals surface area contributed by atoms with Crippen LogP contribution in [0.25, 0.3) is 43.7 Å². The summed E-state index contributed by atoms with van der Waals surface area (Å²) in [5, 5.41) is 3.03. The van der Waals surface area contributed by atoms with E-state index in [0.717, 1.165) is 11.8 Å². The number of hydrogen-bond donors (Lipinski definition) is 0. The number of hydrogen-bond acceptors (Lipinski definition) is 1. The summed E-state index contributed by atoms with van der Waals surface area (Å²) in [5.41, 5.74) is 15.2. The van der Waals surface area contributed by atoms with Crippen molar-refractivity contribution >= 4 is 63.5 Å². The fourth-order valence-electron chi connectivity index (χ4n) is 8.99. The van der Waals surface area contributed by atoms with Crippen molar-refractivity contribution in [2.24, 2.45) is 0 Å². The molecule has 9 rings (SSSR count). The van der Waals surface area contributed by atoms with Crippen molar-refractivity contribution in [2.45, 2.75) is 12.6 Å². The smallest absolute Gasteiger partial charge is 0.119 e. The van der Waals surface area contributed by atoms with Crippen molar-refractivity contribution in [3.8, 4) is 0 Å². The number of thioether (sulfide) groups is 1. The Morgan fingerprint density at radius 1 is 0.393 bits per heavy atom. The molecule has 0 saturated carbocycles. The van der Waals surface area contributed by atoms with Gasteiger partial charge in [0.2, 0.25) is 0 Å². The Morgan fingerprint density at radius 3 is 1.16 bits per heavy atom. The van der Waals surface area contributed by atoms with Crippen LogP contribution in [0.3, 0.4) is 0 Å². The van der Waals surface area contributed by atoms with Gasteiger partial charge in [-0.05, 0) is 89.5 Å². The standard InChI is InChI=1S/C59H48SSi/c1-61(58(51-38-22-8-23-39-51)55(48-32-16-5-17-33-48)56(49-34-18-6-19-35-49)59(61)52-40-24-9-25-41-52)43-42-60-57(50-36-20-7-21-37-50)54(47-30-14-4-15-31-47)53(46-28-12-3-13-29-46)44-45-26-10-2-11-27-45/h2-41,44H,42-43H2,1H3/b53-44+,57-54-. The van der Waals surface area contributed by atoms with Gasteiger partial charge >= 0.3 is 0 Å². The van der Waals surface area contributed by atoms with Crippen LogP contribution in [0.15, 0.2) is 243 Å². The van der Waals surface area contributed by atoms with Crippen LogP contribution in [-0.4, -0.2) is 13.8 Å². The van der Waals surface area contributed by atoms with Gasteiger partial charge in [0.25, 0.3) is 0 Å². The van der Waals surface area contributed by atoms with E-state index >= 15 is 0 Å². The molecule has 0 atom stereocenters. The molecular formula is C59H48SSi. The van der Waals surface area contributed by atoms with Gasteiger partial charge < -0.3 is 0 Å². The Balaban J connectivity index is 1.27. The first-order valence-electron chi connectivity index (χ1n) is 21.2. The minimum atomic E-state index is -2.55. The minimum absolute atomic E-state index is 0.938. The molecule has 0 bridgehead atoms. The van der Waals surface area contributed by atoms with Crippen LogP contribution in [0.1, 0.15) is 44.5 Å². The molecule has 2 heteroatoms. The zero-order valence-corrected chi connectivity index (χ0v) is 36.3. The lowest BCUT2D eigenvalue weighted by atomic mass is 9.89. The van der Waals surface area contributed by atoms with Crippen molar-refractivity contribution in [1.29, 1.82) is 0 Å². The molecule has 0 radical (unpaired) electrons. The van der Waals surface area contributed by atoms with E-state index in [4.69, 9.17) is 0 Å². The van der Waals surface area contributed by atoms with E-state index in [1.54, 1.807) is 0 Å². The van der Waals surface area contributed by atoms with E-state index in [-0.39, 0.29) is 0 Å². The highest BCUT2D eigenvalue weighted by Gasteiger charge is 2.46. The van der Waals surface area contributed by atoms with Gasteiger partial charge in [0.1, 0.15) is 8.07 Å². The van der Waals surface area contributed by atoms with Gasteiger partial charge in [0.15, 0.2) is 0 Å². The molecule has 0 fully saturated rings. The molecule has 0 N–H and O–H groups in total. The molecule has 294 valence electrons. The second-order valence-electron chi connectivity index (χ2n) is 15.7. The Labute approximate surface area is 367 Å². The minimum Gasteiger partial charge on any atom is -0.125 e. The highest BCUT2D eigenvalue weighted by atomic mass is 32.2. The van der Waals surface area contributed by atoms with E-state index in [9.17, 15) is 0 Å². The lowest BCUT2D eigenvalue weighted by Gasteiger charge is -2.31. The van der Waals surface area contributed by atoms with Gasteiger partial charge in [-0.3, -0.25) is 0 Å². The van der Waals surface area contributed by atoms with E-state index < -0.39 is 8.07 Å². The maximum Gasteiger partial charge on any atom is 0.119 e. The molecule has 8 aromatic carbocycles. The molecule has 0 aromatic heterocycles. The Hall–Kier alpha value is -6.71. The van der Waals surface area contributed by atoms with Crippen molar-refractivity contribution in [3.05, 3.63) is 287 Å². The van der Waals surface area contributed by atoms with E-state index in [1.807, 2.05) is 11.8 Å². The van der Waals surface area contributed by atoms with Crippen LogP contribution in [0.4, 0.5) is 0 Å². The number of benzene rings is 8. The topological polar surface area (TPSA) is 0 Å². The first kappa shape index (κ1) is 39.7. The lowest BCUT2D eigenvalue weighted by molar-refractivity contribution is 1.42. The van der Waals surface area contributed by atoms with Crippen LogP contribution < -0.4 is 0 Å². The molecule has 1 aliphatic heterocycles. The highest BCUT2D eigenvalue weighted by molar-refractivity contribution is 8.08. The third-order valence-electron chi connectivity index (χ3n) is 11.7. The largest absolute Gasteiger partial charge is 0.125 e. The van der Waals surface area contributed by atoms with Crippen molar-refractivity contribution < 1.29 is 0 Å². The zero-order valence-electron chi connectivity index (χ0n) is 34.5. The van der Waals surface area contributed by atoms with E-state index in [1.165, 1.54) is 82.1 Å². The Morgan fingerprint density at radius 2 is 0.738 bits per heavy atom. The zero-order chi connectivity index (χ0) is 41.3. The first-order chi connectivity index (χ1) is 30.2. The van der Waals surface area contributed by atoms with Crippen LogP contribution in [0, 0.1) is 0 Å². The van der Waals surface area contributed by atoms with Gasteiger partial charge in [-0.15, -0.1) is 11.8 Å². The van der Waals surface area contributed by atoms with E-state index in [2.05, 4.69) is 255 Å². The Kier molecular flexibility index (Phi) is 12.2. The summed E-state index contributed by atoms with van der Waals surface area (Å²) < 4.78 is 0. The molecule has 0 saturated heterocycles. The average molecular weight is 817 g/mol. The first-order valence-corrected chi connectivity index (χ1v) is 24.9. The second-order valence-corrected chi connectivity index (χ2v) is 20.9. The summed E-state index contributed by atoms with van der Waals surface area (Å²) in [5.74, 6) is 0.938. The van der Waals surface area contributed by atoms with Crippen LogP contribution >= 0.6 is 11.8 Å². The third-order valence-corrected chi connectivity index (χ3v) is 17.8. The summed E-state index contributed by atoms with van der Waals surface area (Å²) in [6.45, 7) is 2.64. The number of allylic oxidation sites excluding steroid dienone is 4. The quantitative estimate of drug-likeness (QED) is 0.0635. The predicted molar refractivity (Wildman–Crippen MR) is 269 cm³/mol. The highest BCUT2D eigenvalue weighted by Crippen LogP contribution is 2.57. The summed E-state index contributed by atoms with van der Waals surface area (Å²) in [6, 6.07) is 89.6. The molecule has 0 aliphatic carbocycles. The van der Waals surface area contributed by atoms with Gasteiger partial charge in [-0.25, -0.2) is 0 Å². The van der Waals surface area contributed by atoms with Crippen LogP contribution in [0.5, 0.6) is 0 Å². The molecule has 0 unspecified atom stereocenters. The maximum atomic E-state index is 2.64. The molecule has 8 aromatic rings. The van der Waals surface area contributed by atoms with Crippen LogP contribution in [0.2, 0.25) is 12.6 Å². The monoisotopic (exact) mass is 816 g/mol. The summed E-state index contributed by atoms with van der Waals surface area (Å²) >= 11 is 2.01. The summed E-state index contributed by atoms with van der Waals surface area (Å²) in [4.78, 5) is 1.29. The van der Waals surface area contributed by atoms with Gasteiger partial charge in [0, 0.05) is 10.5 Å². The predicted octanol–water partition coefficient (Wildman–Crippen LogP) is 15.9. The van der Waals surface area contributed by atoms with Gasteiger partial charge in [-0.1, -0.05) is 249 Å². The summed E-state index contributed by atoms with van der Waals surface area (Å²) in [6.07, 6.45) is 2.37. The average Bonchev–Trinajstić information content (AvgIpc) is 3.61. The molecule has 0 nitrogen and oxygen atoms in total. The van der Waals surface area contributed by atoms with Crippen molar-refractivity contribution in [1.82, 2.24) is 0 Å². The van der Waals surface area contributed by atoms with Crippen molar-refractivity contribution in [3.63, 3.8) is 0 Å². The lowest BCUT2D eigenvalue weighted by Crippen LogP contribution is -2.33. The SMILES string of the molecule is C[Si]1(CCS/C(=C(\C(=C\c2ccccc2)c2ccccc2)c2ccccc2)c2ccccc2)C(c2ccccc2)=C(c2ccccc2)C(c2ccccc2)=C1c1ccccc1. The number of rotatable bonds is 13. The van der Waals surface area contributed by atoms with Gasteiger partial charge in [-0.2, -0.15) is 0 Å². The molecule has 61 heavy (non-hydrogen) atoms. The summed E-state index contributed by atoms with van der Waals surface area (Å²) in [7, 11) is -2.55. The fraction of sp³-hybridized carbons (Fsp3) is 0.0508. The maximum absolute atomic E-state index is 2.64. The molecular weight excluding hydrogens is 769 g/mol. The normalized spacial score (nSPS) is 14.2. The Bertz CT molecular complexity index is 2710. The fourth-order valence-corrected chi connectivity index (χ4v) is 15.9.